The van der Waals surface area contributed by atoms with Crippen LogP contribution in [0.25, 0.3) is 0 Å². The van der Waals surface area contributed by atoms with Crippen molar-refractivity contribution in [3.8, 4) is 0 Å². The maximum Gasteiger partial charge on any atom is 0.308 e. The molecule has 0 bridgehead atoms. The van der Waals surface area contributed by atoms with Crippen molar-refractivity contribution < 1.29 is 19.1 Å². The average Bonchev–Trinajstić information content (AvgIpc) is 2.33. The van der Waals surface area contributed by atoms with Crippen LogP contribution >= 0.6 is 0 Å². The second-order valence-electron chi connectivity index (χ2n) is 4.48. The quantitative estimate of drug-likeness (QED) is 0.872. The van der Waals surface area contributed by atoms with Crippen LogP contribution in [0.4, 0.5) is 4.39 Å². The van der Waals surface area contributed by atoms with E-state index in [0.29, 0.717) is 12.0 Å². The number of halogens is 1. The van der Waals surface area contributed by atoms with E-state index in [4.69, 9.17) is 0 Å². The lowest BCUT2D eigenvalue weighted by Gasteiger charge is -2.37. The predicted octanol–water partition coefficient (Wildman–Crippen LogP) is 1.82. The van der Waals surface area contributed by atoms with Crippen LogP contribution in [-0.4, -0.2) is 28.9 Å². The number of nitrogens with zero attached hydrogens (tertiary/aromatic N) is 1. The van der Waals surface area contributed by atoms with Gasteiger partial charge in [-0.1, -0.05) is 12.1 Å². The smallest absolute Gasteiger partial charge is 0.308 e. The Labute approximate surface area is 104 Å². The van der Waals surface area contributed by atoms with E-state index in [1.165, 1.54) is 29.2 Å². The molecule has 1 amide bonds. The molecule has 1 N–H and O–H groups in total. The van der Waals surface area contributed by atoms with E-state index in [1.54, 1.807) is 7.05 Å². The summed E-state index contributed by atoms with van der Waals surface area (Å²) in [4.78, 5) is 24.4. The van der Waals surface area contributed by atoms with Crippen LogP contribution in [0.15, 0.2) is 24.3 Å². The third-order valence-electron chi connectivity index (χ3n) is 3.39. The topological polar surface area (TPSA) is 57.6 Å². The van der Waals surface area contributed by atoms with Crippen LogP contribution < -0.4 is 0 Å². The van der Waals surface area contributed by atoms with Gasteiger partial charge in [-0.3, -0.25) is 9.59 Å². The number of likely N-dealkylation sites (tertiary alicyclic amines) is 1. The monoisotopic (exact) mass is 251 g/mol. The summed E-state index contributed by atoms with van der Waals surface area (Å²) >= 11 is 0. The Morgan fingerprint density at radius 2 is 2.00 bits per heavy atom. The first kappa shape index (κ1) is 12.5. The average molecular weight is 251 g/mol. The van der Waals surface area contributed by atoms with Gasteiger partial charge in [0.25, 0.3) is 0 Å². The number of piperidine rings is 1. The van der Waals surface area contributed by atoms with Crippen molar-refractivity contribution in [1.82, 2.24) is 4.90 Å². The SMILES string of the molecule is CN1C(=O)CC[C@H](C(=O)O)C1c1ccc(F)cc1. The maximum absolute atomic E-state index is 12.9. The molecule has 4 nitrogen and oxygen atoms in total. The fraction of sp³-hybridized carbons (Fsp3) is 0.385. The molecule has 0 spiro atoms. The summed E-state index contributed by atoms with van der Waals surface area (Å²) < 4.78 is 12.9. The number of carboxylic acid groups (broad SMARTS) is 1. The molecule has 1 aromatic rings. The van der Waals surface area contributed by atoms with E-state index < -0.39 is 17.9 Å². The lowest BCUT2D eigenvalue weighted by atomic mass is 9.85. The second-order valence-corrected chi connectivity index (χ2v) is 4.48. The van der Waals surface area contributed by atoms with E-state index in [-0.39, 0.29) is 18.1 Å². The molecule has 5 heteroatoms. The van der Waals surface area contributed by atoms with Crippen LogP contribution in [0.5, 0.6) is 0 Å². The third-order valence-corrected chi connectivity index (χ3v) is 3.39. The van der Waals surface area contributed by atoms with Crippen molar-refractivity contribution >= 4 is 11.9 Å². The van der Waals surface area contributed by atoms with Crippen LogP contribution in [0, 0.1) is 11.7 Å². The molecule has 1 fully saturated rings. The van der Waals surface area contributed by atoms with Gasteiger partial charge in [0, 0.05) is 13.5 Å². The van der Waals surface area contributed by atoms with Crippen molar-refractivity contribution in [1.29, 1.82) is 0 Å². The van der Waals surface area contributed by atoms with Gasteiger partial charge in [0.05, 0.1) is 12.0 Å². The van der Waals surface area contributed by atoms with Gasteiger partial charge in [0.15, 0.2) is 0 Å². The minimum absolute atomic E-state index is 0.0816. The van der Waals surface area contributed by atoms with Crippen molar-refractivity contribution in [2.24, 2.45) is 5.92 Å². The molecule has 2 atom stereocenters. The van der Waals surface area contributed by atoms with Crippen molar-refractivity contribution in [3.63, 3.8) is 0 Å². The molecule has 0 aromatic heterocycles. The lowest BCUT2D eigenvalue weighted by molar-refractivity contribution is -0.150. The standard InChI is InChI=1S/C13H14FNO3/c1-15-11(16)7-6-10(13(17)18)12(15)8-2-4-9(14)5-3-8/h2-5,10,12H,6-7H2,1H3,(H,17,18)/t10-,12?/m0/s1. The number of rotatable bonds is 2. The number of carbonyl (C=O) groups excluding carboxylic acids is 1. The van der Waals surface area contributed by atoms with Crippen LogP contribution in [0.1, 0.15) is 24.4 Å². The molecule has 2 rings (SSSR count). The Morgan fingerprint density at radius 1 is 1.39 bits per heavy atom. The summed E-state index contributed by atoms with van der Waals surface area (Å²) in [7, 11) is 1.59. The van der Waals surface area contributed by atoms with Crippen LogP contribution in [0.3, 0.4) is 0 Å². The van der Waals surface area contributed by atoms with E-state index in [9.17, 15) is 19.1 Å². The summed E-state index contributed by atoms with van der Waals surface area (Å²) in [5.41, 5.74) is 0.652. The van der Waals surface area contributed by atoms with Crippen molar-refractivity contribution in [2.75, 3.05) is 7.05 Å². The van der Waals surface area contributed by atoms with E-state index in [2.05, 4.69) is 0 Å². The Morgan fingerprint density at radius 3 is 2.56 bits per heavy atom. The molecule has 18 heavy (non-hydrogen) atoms. The molecule has 1 saturated heterocycles. The first-order valence-corrected chi connectivity index (χ1v) is 5.74. The first-order valence-electron chi connectivity index (χ1n) is 5.74. The molecular weight excluding hydrogens is 237 g/mol. The molecule has 0 radical (unpaired) electrons. The van der Waals surface area contributed by atoms with Crippen LogP contribution in [0.2, 0.25) is 0 Å². The van der Waals surface area contributed by atoms with E-state index in [1.807, 2.05) is 0 Å². The van der Waals surface area contributed by atoms with Gasteiger partial charge in [0.1, 0.15) is 5.82 Å². The molecule has 1 aliphatic rings. The summed E-state index contributed by atoms with van der Waals surface area (Å²) in [5.74, 6) is -2.03. The minimum atomic E-state index is -0.927. The summed E-state index contributed by atoms with van der Waals surface area (Å²) in [6, 6.07) is 5.10. The largest absolute Gasteiger partial charge is 0.481 e. The first-order chi connectivity index (χ1) is 8.50. The number of benzene rings is 1. The number of amides is 1. The number of hydrogen-bond acceptors (Lipinski definition) is 2. The Bertz CT molecular complexity index is 472. The molecular formula is C13H14FNO3. The molecule has 0 aliphatic carbocycles. The number of carbonyl (C=O) groups is 2. The predicted molar refractivity (Wildman–Crippen MR) is 62.3 cm³/mol. The zero-order valence-electron chi connectivity index (χ0n) is 9.97. The molecule has 1 heterocycles. The minimum Gasteiger partial charge on any atom is -0.481 e. The molecule has 0 saturated carbocycles. The number of aliphatic carboxylic acids is 1. The highest BCUT2D eigenvalue weighted by Gasteiger charge is 2.38. The molecule has 1 aliphatic heterocycles. The fourth-order valence-corrected chi connectivity index (χ4v) is 2.41. The normalized spacial score (nSPS) is 24.1. The maximum atomic E-state index is 12.9. The fourth-order valence-electron chi connectivity index (χ4n) is 2.41. The zero-order valence-corrected chi connectivity index (χ0v) is 9.97. The van der Waals surface area contributed by atoms with E-state index in [0.717, 1.165) is 0 Å². The Kier molecular flexibility index (Phi) is 3.32. The van der Waals surface area contributed by atoms with Crippen molar-refractivity contribution in [2.45, 2.75) is 18.9 Å². The highest BCUT2D eigenvalue weighted by Crippen LogP contribution is 2.35. The summed E-state index contributed by atoms with van der Waals surface area (Å²) in [6.07, 6.45) is 0.561. The molecule has 1 aromatic carbocycles. The summed E-state index contributed by atoms with van der Waals surface area (Å²) in [6.45, 7) is 0. The number of carboxylic acids is 1. The van der Waals surface area contributed by atoms with Crippen molar-refractivity contribution in [3.05, 3.63) is 35.6 Å². The third kappa shape index (κ3) is 2.20. The van der Waals surface area contributed by atoms with Crippen LogP contribution in [-0.2, 0) is 9.59 Å². The van der Waals surface area contributed by atoms with Gasteiger partial charge < -0.3 is 10.0 Å². The number of hydrogen-bond donors (Lipinski definition) is 1. The highest BCUT2D eigenvalue weighted by molar-refractivity contribution is 5.81. The Balaban J connectivity index is 2.37. The van der Waals surface area contributed by atoms with E-state index >= 15 is 0 Å². The van der Waals surface area contributed by atoms with Gasteiger partial charge in [-0.25, -0.2) is 4.39 Å². The van der Waals surface area contributed by atoms with Gasteiger partial charge in [-0.2, -0.15) is 0 Å². The summed E-state index contributed by atoms with van der Waals surface area (Å²) in [5, 5.41) is 9.22. The Hall–Kier alpha value is -1.91. The molecule has 1 unspecified atom stereocenters. The molecule has 96 valence electrons. The second kappa shape index (κ2) is 4.76. The van der Waals surface area contributed by atoms with Gasteiger partial charge in [0.2, 0.25) is 5.91 Å². The highest BCUT2D eigenvalue weighted by atomic mass is 19.1. The van der Waals surface area contributed by atoms with Gasteiger partial charge in [-0.15, -0.1) is 0 Å². The van der Waals surface area contributed by atoms with Gasteiger partial charge in [-0.05, 0) is 24.1 Å². The zero-order chi connectivity index (χ0) is 13.3. The van der Waals surface area contributed by atoms with Gasteiger partial charge >= 0.3 is 5.97 Å². The lowest BCUT2D eigenvalue weighted by Crippen LogP contribution is -2.42.